The van der Waals surface area contributed by atoms with E-state index in [1.165, 1.54) is 17.1 Å². The van der Waals surface area contributed by atoms with E-state index in [9.17, 15) is 13.6 Å². The van der Waals surface area contributed by atoms with Crippen molar-refractivity contribution in [2.75, 3.05) is 18.2 Å². The third kappa shape index (κ3) is 3.26. The third-order valence-electron chi connectivity index (χ3n) is 4.98. The van der Waals surface area contributed by atoms with E-state index < -0.39 is 23.1 Å². The quantitative estimate of drug-likeness (QED) is 0.626. The Labute approximate surface area is 169 Å². The molecule has 9 nitrogen and oxygen atoms in total. The maximum Gasteiger partial charge on any atom is 0.352 e. The lowest BCUT2D eigenvalue weighted by molar-refractivity contribution is 0.189. The third-order valence-corrected chi connectivity index (χ3v) is 4.98. The van der Waals surface area contributed by atoms with Crippen molar-refractivity contribution in [1.82, 2.24) is 19.3 Å². The molecule has 0 bridgehead atoms. The highest BCUT2D eigenvalue weighted by Gasteiger charge is 2.35. The number of halogens is 2. The van der Waals surface area contributed by atoms with Crippen LogP contribution in [0.1, 0.15) is 5.56 Å². The summed E-state index contributed by atoms with van der Waals surface area (Å²) in [7, 11) is 1.66. The maximum atomic E-state index is 14.4. The highest BCUT2D eigenvalue weighted by Crippen LogP contribution is 2.31. The van der Waals surface area contributed by atoms with Crippen molar-refractivity contribution in [1.29, 1.82) is 0 Å². The molecular weight excluding hydrogens is 400 g/mol. The van der Waals surface area contributed by atoms with Crippen LogP contribution in [0.25, 0.3) is 0 Å². The van der Waals surface area contributed by atoms with Gasteiger partial charge in [-0.3, -0.25) is 9.25 Å². The average molecular weight is 417 g/mol. The molecule has 1 atom stereocenters. The monoisotopic (exact) mass is 417 g/mol. The van der Waals surface area contributed by atoms with Crippen LogP contribution in [0.2, 0.25) is 0 Å². The second-order valence-electron chi connectivity index (χ2n) is 7.10. The number of benzene rings is 1. The Bertz CT molecular complexity index is 1150. The van der Waals surface area contributed by atoms with E-state index in [0.29, 0.717) is 25.7 Å². The highest BCUT2D eigenvalue weighted by atomic mass is 19.1. The first-order valence-corrected chi connectivity index (χ1v) is 9.21. The Hall–Kier alpha value is -3.47. The van der Waals surface area contributed by atoms with Crippen LogP contribution in [0.5, 0.6) is 17.4 Å². The number of fused-ring (bicyclic) bond motifs is 3. The summed E-state index contributed by atoms with van der Waals surface area (Å²) in [5, 5.41) is 3.89. The van der Waals surface area contributed by atoms with Crippen molar-refractivity contribution in [2.24, 2.45) is 7.05 Å². The van der Waals surface area contributed by atoms with Crippen LogP contribution in [0.3, 0.4) is 0 Å². The van der Waals surface area contributed by atoms with Crippen LogP contribution in [0.4, 0.5) is 14.6 Å². The number of aryl methyl sites for hydroxylation is 1. The molecule has 0 N–H and O–H groups in total. The first kappa shape index (κ1) is 18.6. The van der Waals surface area contributed by atoms with Gasteiger partial charge in [0, 0.05) is 13.1 Å². The van der Waals surface area contributed by atoms with Gasteiger partial charge in [-0.15, -0.1) is 0 Å². The van der Waals surface area contributed by atoms with Crippen molar-refractivity contribution in [3.63, 3.8) is 0 Å². The minimum absolute atomic E-state index is 0.0790. The molecule has 0 unspecified atom stereocenters. The summed E-state index contributed by atoms with van der Waals surface area (Å²) < 4.78 is 48.0. The van der Waals surface area contributed by atoms with E-state index in [-0.39, 0.29) is 29.8 Å². The molecule has 1 saturated heterocycles. The normalized spacial score (nSPS) is 17.2. The van der Waals surface area contributed by atoms with Crippen molar-refractivity contribution in [3.8, 4) is 17.4 Å². The molecule has 0 radical (unpaired) electrons. The summed E-state index contributed by atoms with van der Waals surface area (Å²) in [4.78, 5) is 18.1. The topological polar surface area (TPSA) is 83.6 Å². The van der Waals surface area contributed by atoms with Gasteiger partial charge in [0.15, 0.2) is 23.1 Å². The molecule has 2 aromatic heterocycles. The van der Waals surface area contributed by atoms with Gasteiger partial charge >= 0.3 is 5.69 Å². The first-order chi connectivity index (χ1) is 14.5. The van der Waals surface area contributed by atoms with Crippen LogP contribution in [0.15, 0.2) is 35.4 Å². The molecular formula is C19H17F2N5O4. The molecule has 5 rings (SSSR count). The van der Waals surface area contributed by atoms with E-state index >= 15 is 0 Å². The second-order valence-corrected chi connectivity index (χ2v) is 7.10. The molecule has 156 valence electrons. The van der Waals surface area contributed by atoms with Gasteiger partial charge in [0.25, 0.3) is 0 Å². The Kier molecular flexibility index (Phi) is 4.39. The first-order valence-electron chi connectivity index (χ1n) is 9.21. The predicted molar refractivity (Wildman–Crippen MR) is 99.6 cm³/mol. The molecule has 11 heteroatoms. The molecule has 3 aromatic rings. The SMILES string of the molecule is Cn1cc(Oc2c(F)cc(COc3cc4n(c(=O)n3)C[C@H]3COCN43)cc2F)cn1. The lowest BCUT2D eigenvalue weighted by atomic mass is 10.2. The smallest absolute Gasteiger partial charge is 0.352 e. The van der Waals surface area contributed by atoms with E-state index in [4.69, 9.17) is 14.2 Å². The van der Waals surface area contributed by atoms with Gasteiger partial charge in [0.1, 0.15) is 19.2 Å². The molecule has 30 heavy (non-hydrogen) atoms. The van der Waals surface area contributed by atoms with Crippen LogP contribution >= 0.6 is 0 Å². The molecule has 2 aliphatic rings. The zero-order valence-electron chi connectivity index (χ0n) is 15.9. The summed E-state index contributed by atoms with van der Waals surface area (Å²) in [6, 6.07) is 3.95. The molecule has 0 amide bonds. The Morgan fingerprint density at radius 1 is 1.27 bits per heavy atom. The van der Waals surface area contributed by atoms with Crippen molar-refractivity contribution in [2.45, 2.75) is 19.2 Å². The zero-order valence-corrected chi connectivity index (χ0v) is 15.9. The minimum atomic E-state index is -0.878. The fourth-order valence-electron chi connectivity index (χ4n) is 3.57. The lowest BCUT2D eigenvalue weighted by Gasteiger charge is -2.15. The van der Waals surface area contributed by atoms with Gasteiger partial charge in [-0.1, -0.05) is 0 Å². The number of nitrogens with zero attached hydrogens (tertiary/aromatic N) is 5. The summed E-state index contributed by atoms with van der Waals surface area (Å²) in [5.74, 6) is -1.33. The maximum absolute atomic E-state index is 14.4. The van der Waals surface area contributed by atoms with Gasteiger partial charge in [-0.2, -0.15) is 10.1 Å². The Morgan fingerprint density at radius 3 is 2.80 bits per heavy atom. The highest BCUT2D eigenvalue weighted by molar-refractivity contribution is 5.47. The van der Waals surface area contributed by atoms with E-state index in [1.54, 1.807) is 17.7 Å². The summed E-state index contributed by atoms with van der Waals surface area (Å²) in [6.45, 7) is 1.28. The summed E-state index contributed by atoms with van der Waals surface area (Å²) in [6.07, 6.45) is 2.84. The second kappa shape index (κ2) is 7.10. The number of hydrogen-bond donors (Lipinski definition) is 0. The van der Waals surface area contributed by atoms with E-state index in [1.807, 2.05) is 4.90 Å². The number of anilines is 1. The number of ether oxygens (including phenoxy) is 3. The molecule has 0 saturated carbocycles. The number of hydrogen-bond acceptors (Lipinski definition) is 7. The molecule has 2 aliphatic heterocycles. The summed E-state index contributed by atoms with van der Waals surface area (Å²) in [5.41, 5.74) is -0.206. The number of aromatic nitrogens is 4. The Morgan fingerprint density at radius 2 is 2.07 bits per heavy atom. The molecule has 0 aliphatic carbocycles. The fraction of sp³-hybridized carbons (Fsp3) is 0.316. The summed E-state index contributed by atoms with van der Waals surface area (Å²) >= 11 is 0. The Balaban J connectivity index is 1.33. The van der Waals surface area contributed by atoms with Gasteiger partial charge < -0.3 is 19.1 Å². The van der Waals surface area contributed by atoms with Crippen LogP contribution in [0, 0.1) is 11.6 Å². The zero-order chi connectivity index (χ0) is 20.8. The minimum Gasteiger partial charge on any atom is -0.473 e. The van der Waals surface area contributed by atoms with Gasteiger partial charge in [-0.05, 0) is 17.7 Å². The largest absolute Gasteiger partial charge is 0.473 e. The van der Waals surface area contributed by atoms with Crippen molar-refractivity contribution < 1.29 is 23.0 Å². The molecule has 1 aromatic carbocycles. The molecule has 1 fully saturated rings. The van der Waals surface area contributed by atoms with Crippen molar-refractivity contribution in [3.05, 3.63) is 58.3 Å². The number of rotatable bonds is 5. The molecule has 4 heterocycles. The average Bonchev–Trinajstić information content (AvgIpc) is 3.40. The van der Waals surface area contributed by atoms with Crippen LogP contribution < -0.4 is 20.1 Å². The standard InChI is InChI=1S/C19H17F2N5O4/c1-24-7-13(5-22-24)30-18-14(20)2-11(3-15(18)21)8-29-16-4-17-25(19(27)23-16)6-12-9-28-10-26(12)17/h2-5,7,12H,6,8-10H2,1H3/t12-/m0/s1. The lowest BCUT2D eigenvalue weighted by Crippen LogP contribution is -2.26. The van der Waals surface area contributed by atoms with Crippen LogP contribution in [-0.4, -0.2) is 38.7 Å². The predicted octanol–water partition coefficient (Wildman–Crippen LogP) is 1.80. The van der Waals surface area contributed by atoms with Gasteiger partial charge in [0.05, 0.1) is 31.6 Å². The molecule has 0 spiro atoms. The van der Waals surface area contributed by atoms with Gasteiger partial charge in [0.2, 0.25) is 5.88 Å². The van der Waals surface area contributed by atoms with Crippen molar-refractivity contribution >= 4 is 5.82 Å². The van der Waals surface area contributed by atoms with E-state index in [2.05, 4.69) is 10.1 Å². The van der Waals surface area contributed by atoms with E-state index in [0.717, 1.165) is 12.1 Å². The fourth-order valence-corrected chi connectivity index (χ4v) is 3.57. The van der Waals surface area contributed by atoms with Crippen LogP contribution in [-0.2, 0) is 24.9 Å². The van der Waals surface area contributed by atoms with Gasteiger partial charge in [-0.25, -0.2) is 13.6 Å².